The van der Waals surface area contributed by atoms with Crippen LogP contribution in [0.15, 0.2) is 41.3 Å². The number of sulfonamides is 1. The lowest BCUT2D eigenvalue weighted by Gasteiger charge is -2.21. The van der Waals surface area contributed by atoms with Crippen LogP contribution in [-0.4, -0.2) is 31.7 Å². The highest BCUT2D eigenvalue weighted by Gasteiger charge is 2.25. The molecule has 1 N–H and O–H groups in total. The van der Waals surface area contributed by atoms with Crippen LogP contribution in [-0.2, 0) is 10.0 Å². The largest absolute Gasteiger partial charge is 0.321 e. The van der Waals surface area contributed by atoms with Crippen molar-refractivity contribution in [2.45, 2.75) is 24.8 Å². The fourth-order valence-corrected chi connectivity index (χ4v) is 3.91. The van der Waals surface area contributed by atoms with Crippen molar-refractivity contribution in [2.75, 3.05) is 12.4 Å². The van der Waals surface area contributed by atoms with Gasteiger partial charge < -0.3 is 5.32 Å². The molecule has 9 heteroatoms. The van der Waals surface area contributed by atoms with Gasteiger partial charge in [-0.2, -0.15) is 4.31 Å². The molecule has 0 aromatic heterocycles. The number of halogens is 3. The topological polar surface area (TPSA) is 66.5 Å². The summed E-state index contributed by atoms with van der Waals surface area (Å²) >= 11 is 11.8. The van der Waals surface area contributed by atoms with Crippen LogP contribution >= 0.6 is 23.2 Å². The number of hydrogen-bond donors (Lipinski definition) is 1. The Morgan fingerprint density at radius 1 is 1.15 bits per heavy atom. The van der Waals surface area contributed by atoms with Crippen LogP contribution in [0.2, 0.25) is 10.0 Å². The molecule has 2 rings (SSSR count). The summed E-state index contributed by atoms with van der Waals surface area (Å²) in [5.41, 5.74) is -0.178. The van der Waals surface area contributed by atoms with Crippen LogP contribution in [0.4, 0.5) is 10.1 Å². The Morgan fingerprint density at radius 3 is 2.38 bits per heavy atom. The van der Waals surface area contributed by atoms with Gasteiger partial charge in [0.05, 0.1) is 21.2 Å². The molecule has 2 aromatic rings. The molecule has 0 radical (unpaired) electrons. The summed E-state index contributed by atoms with van der Waals surface area (Å²) in [7, 11) is -2.44. The Hall–Kier alpha value is -1.67. The van der Waals surface area contributed by atoms with E-state index in [1.165, 1.54) is 25.2 Å². The van der Waals surface area contributed by atoms with E-state index >= 15 is 0 Å². The van der Waals surface area contributed by atoms with E-state index in [-0.39, 0.29) is 21.6 Å². The first-order chi connectivity index (χ1) is 12.0. The van der Waals surface area contributed by atoms with E-state index in [1.807, 2.05) is 0 Å². The van der Waals surface area contributed by atoms with Gasteiger partial charge in [0, 0.05) is 18.1 Å². The summed E-state index contributed by atoms with van der Waals surface area (Å²) in [5, 5.41) is 3.00. The van der Waals surface area contributed by atoms with Crippen molar-refractivity contribution in [3.05, 3.63) is 57.8 Å². The third-order valence-corrected chi connectivity index (χ3v) is 6.34. The zero-order chi connectivity index (χ0) is 19.6. The Kier molecular flexibility index (Phi) is 6.29. The number of amides is 1. The molecule has 140 valence electrons. The van der Waals surface area contributed by atoms with Gasteiger partial charge in [-0.1, -0.05) is 23.2 Å². The molecule has 0 bridgehead atoms. The lowest BCUT2D eigenvalue weighted by Crippen LogP contribution is -2.33. The number of hydrogen-bond acceptors (Lipinski definition) is 3. The van der Waals surface area contributed by atoms with Gasteiger partial charge >= 0.3 is 0 Å². The number of rotatable bonds is 5. The van der Waals surface area contributed by atoms with Crippen molar-refractivity contribution < 1.29 is 17.6 Å². The third-order valence-electron chi connectivity index (χ3n) is 3.77. The fourth-order valence-electron chi connectivity index (χ4n) is 2.06. The number of anilines is 1. The third kappa shape index (κ3) is 4.35. The van der Waals surface area contributed by atoms with Crippen LogP contribution in [0.5, 0.6) is 0 Å². The maximum Gasteiger partial charge on any atom is 0.258 e. The lowest BCUT2D eigenvalue weighted by atomic mass is 10.2. The van der Waals surface area contributed by atoms with Gasteiger partial charge in [-0.3, -0.25) is 4.79 Å². The second-order valence-corrected chi connectivity index (χ2v) is 8.68. The van der Waals surface area contributed by atoms with Crippen LogP contribution in [0.1, 0.15) is 24.2 Å². The minimum atomic E-state index is -3.85. The van der Waals surface area contributed by atoms with Gasteiger partial charge in [-0.25, -0.2) is 12.8 Å². The summed E-state index contributed by atoms with van der Waals surface area (Å²) in [4.78, 5) is 12.2. The monoisotopic (exact) mass is 418 g/mol. The second-order valence-electron chi connectivity index (χ2n) is 5.83. The van der Waals surface area contributed by atoms with Crippen molar-refractivity contribution in [2.24, 2.45) is 0 Å². The second kappa shape index (κ2) is 7.92. The standard InChI is InChI=1S/C17H17Cl2FN2O3S/c1-10(2)22(3)26(24,25)12-5-6-15(20)13(9-12)17(23)21-16-7-4-11(18)8-14(16)19/h4-10H,1-3H3,(H,21,23). The molecule has 0 heterocycles. The highest BCUT2D eigenvalue weighted by atomic mass is 35.5. The molecular weight excluding hydrogens is 402 g/mol. The van der Waals surface area contributed by atoms with E-state index in [1.54, 1.807) is 13.8 Å². The van der Waals surface area contributed by atoms with Gasteiger partial charge in [0.2, 0.25) is 10.0 Å². The van der Waals surface area contributed by atoms with Gasteiger partial charge in [0.15, 0.2) is 0 Å². The van der Waals surface area contributed by atoms with E-state index < -0.39 is 27.3 Å². The van der Waals surface area contributed by atoms with Crippen LogP contribution in [0.3, 0.4) is 0 Å². The molecule has 0 atom stereocenters. The van der Waals surface area contributed by atoms with E-state index in [0.29, 0.717) is 5.02 Å². The van der Waals surface area contributed by atoms with Crippen LogP contribution in [0, 0.1) is 5.82 Å². The fraction of sp³-hybridized carbons (Fsp3) is 0.235. The highest BCUT2D eigenvalue weighted by molar-refractivity contribution is 7.89. The Labute approximate surface area is 161 Å². The molecule has 0 aliphatic rings. The Morgan fingerprint density at radius 2 is 1.81 bits per heavy atom. The first-order valence-corrected chi connectivity index (χ1v) is 9.77. The van der Waals surface area contributed by atoms with E-state index in [2.05, 4.69) is 5.32 Å². The molecular formula is C17H17Cl2FN2O3S. The predicted octanol–water partition coefficient (Wildman–Crippen LogP) is 4.41. The van der Waals surface area contributed by atoms with Crippen molar-refractivity contribution in [3.8, 4) is 0 Å². The average molecular weight is 419 g/mol. The minimum absolute atomic E-state index is 0.176. The van der Waals surface area contributed by atoms with Gasteiger partial charge in [-0.15, -0.1) is 0 Å². The summed E-state index contributed by atoms with van der Waals surface area (Å²) < 4.78 is 40.3. The summed E-state index contributed by atoms with van der Waals surface area (Å²) in [6, 6.07) is 7.17. The number of nitrogens with zero attached hydrogens (tertiary/aromatic N) is 1. The SMILES string of the molecule is CC(C)N(C)S(=O)(=O)c1ccc(F)c(C(=O)Nc2ccc(Cl)cc2Cl)c1. The smallest absolute Gasteiger partial charge is 0.258 e. The number of benzene rings is 2. The summed E-state index contributed by atoms with van der Waals surface area (Å²) in [6.07, 6.45) is 0. The number of carbonyl (C=O) groups excluding carboxylic acids is 1. The lowest BCUT2D eigenvalue weighted by molar-refractivity contribution is 0.102. The molecule has 0 saturated heterocycles. The molecule has 0 spiro atoms. The predicted molar refractivity (Wildman–Crippen MR) is 101 cm³/mol. The maximum atomic E-state index is 14.1. The molecule has 0 aliphatic heterocycles. The van der Waals surface area contributed by atoms with Crippen molar-refractivity contribution in [3.63, 3.8) is 0 Å². The molecule has 5 nitrogen and oxygen atoms in total. The number of nitrogens with one attached hydrogen (secondary N) is 1. The maximum absolute atomic E-state index is 14.1. The summed E-state index contributed by atoms with van der Waals surface area (Å²) in [6.45, 7) is 3.41. The van der Waals surface area contributed by atoms with E-state index in [4.69, 9.17) is 23.2 Å². The molecule has 0 unspecified atom stereocenters. The van der Waals surface area contributed by atoms with Gasteiger partial charge in [0.1, 0.15) is 5.82 Å². The van der Waals surface area contributed by atoms with Gasteiger partial charge in [-0.05, 0) is 50.2 Å². The van der Waals surface area contributed by atoms with E-state index in [0.717, 1.165) is 22.5 Å². The van der Waals surface area contributed by atoms with Crippen LogP contribution < -0.4 is 5.32 Å². The number of carbonyl (C=O) groups is 1. The molecule has 0 aliphatic carbocycles. The first kappa shape index (κ1) is 20.6. The van der Waals surface area contributed by atoms with Crippen LogP contribution in [0.25, 0.3) is 0 Å². The first-order valence-electron chi connectivity index (χ1n) is 7.58. The molecule has 0 fully saturated rings. The van der Waals surface area contributed by atoms with Crippen molar-refractivity contribution in [1.82, 2.24) is 4.31 Å². The molecule has 2 aromatic carbocycles. The molecule has 0 saturated carbocycles. The highest BCUT2D eigenvalue weighted by Crippen LogP contribution is 2.27. The Bertz CT molecular complexity index is 949. The Balaban J connectivity index is 2.39. The van der Waals surface area contributed by atoms with Crippen molar-refractivity contribution >= 4 is 44.8 Å². The normalized spacial score (nSPS) is 11.8. The van der Waals surface area contributed by atoms with E-state index in [9.17, 15) is 17.6 Å². The summed E-state index contributed by atoms with van der Waals surface area (Å²) in [5.74, 6) is -1.67. The zero-order valence-electron chi connectivity index (χ0n) is 14.3. The zero-order valence-corrected chi connectivity index (χ0v) is 16.6. The minimum Gasteiger partial charge on any atom is -0.321 e. The van der Waals surface area contributed by atoms with Gasteiger partial charge in [0.25, 0.3) is 5.91 Å². The van der Waals surface area contributed by atoms with Crippen molar-refractivity contribution in [1.29, 1.82) is 0 Å². The average Bonchev–Trinajstić information content (AvgIpc) is 2.56. The molecule has 1 amide bonds. The quantitative estimate of drug-likeness (QED) is 0.781. The molecule has 26 heavy (non-hydrogen) atoms.